The maximum Gasteiger partial charge on any atom is 0.220 e. The lowest BCUT2D eigenvalue weighted by Crippen LogP contribution is -2.57. The number of hydrogen-bond donors (Lipinski definition) is 2. The quantitative estimate of drug-likeness (QED) is 0.703. The minimum absolute atomic E-state index is 0.109. The highest BCUT2D eigenvalue weighted by molar-refractivity contribution is 5.76. The van der Waals surface area contributed by atoms with Gasteiger partial charge in [-0.2, -0.15) is 0 Å². The van der Waals surface area contributed by atoms with Crippen LogP contribution in [0.1, 0.15) is 39.0 Å². The van der Waals surface area contributed by atoms with E-state index in [0.717, 1.165) is 13.0 Å². The average Bonchev–Trinajstić information content (AvgIpc) is 2.12. The molecule has 0 aliphatic heterocycles. The molecule has 0 heterocycles. The Hall–Kier alpha value is -0.610. The van der Waals surface area contributed by atoms with Crippen LogP contribution >= 0.6 is 0 Å². The van der Waals surface area contributed by atoms with E-state index in [1.54, 1.807) is 0 Å². The number of rotatable bonds is 6. The number of carbonyl (C=O) groups is 1. The van der Waals surface area contributed by atoms with Crippen LogP contribution in [0.5, 0.6) is 0 Å². The second-order valence-corrected chi connectivity index (χ2v) is 5.27. The number of likely N-dealkylation sites (N-methyl/N-ethyl adjacent to an activating group) is 1. The van der Waals surface area contributed by atoms with Crippen molar-refractivity contribution < 1.29 is 4.79 Å². The predicted octanol–water partition coefficient (Wildman–Crippen LogP) is 0.714. The first-order valence-electron chi connectivity index (χ1n) is 6.16. The van der Waals surface area contributed by atoms with Gasteiger partial charge in [0.15, 0.2) is 0 Å². The molecule has 16 heavy (non-hydrogen) atoms. The van der Waals surface area contributed by atoms with Gasteiger partial charge < -0.3 is 16.0 Å². The van der Waals surface area contributed by atoms with Crippen molar-refractivity contribution in [1.82, 2.24) is 10.2 Å². The molecule has 1 amide bonds. The first kappa shape index (κ1) is 13.5. The van der Waals surface area contributed by atoms with Crippen LogP contribution in [0.3, 0.4) is 0 Å². The fourth-order valence-electron chi connectivity index (χ4n) is 2.08. The molecule has 0 bridgehead atoms. The van der Waals surface area contributed by atoms with Gasteiger partial charge in [0.1, 0.15) is 0 Å². The number of nitrogens with zero attached hydrogens (tertiary/aromatic N) is 1. The van der Waals surface area contributed by atoms with Crippen LogP contribution in [0.2, 0.25) is 0 Å². The largest absolute Gasteiger partial charge is 0.354 e. The summed E-state index contributed by atoms with van der Waals surface area (Å²) in [5.41, 5.74) is 5.83. The highest BCUT2D eigenvalue weighted by Crippen LogP contribution is 2.35. The minimum Gasteiger partial charge on any atom is -0.354 e. The van der Waals surface area contributed by atoms with Crippen LogP contribution in [0.15, 0.2) is 0 Å². The van der Waals surface area contributed by atoms with Crippen molar-refractivity contribution >= 4 is 5.91 Å². The molecule has 0 aromatic carbocycles. The fraction of sp³-hybridized carbons (Fsp3) is 0.917. The smallest absolute Gasteiger partial charge is 0.220 e. The monoisotopic (exact) mass is 227 g/mol. The van der Waals surface area contributed by atoms with Gasteiger partial charge in [-0.1, -0.05) is 0 Å². The molecule has 1 unspecified atom stereocenters. The number of hydrogen-bond acceptors (Lipinski definition) is 3. The zero-order valence-corrected chi connectivity index (χ0v) is 10.8. The van der Waals surface area contributed by atoms with E-state index in [0.29, 0.717) is 6.42 Å². The van der Waals surface area contributed by atoms with E-state index in [2.05, 4.69) is 24.3 Å². The average molecular weight is 227 g/mol. The second-order valence-electron chi connectivity index (χ2n) is 5.27. The predicted molar refractivity (Wildman–Crippen MR) is 66.2 cm³/mol. The maximum atomic E-state index is 11.6. The summed E-state index contributed by atoms with van der Waals surface area (Å²) in [6.07, 6.45) is 4.96. The van der Waals surface area contributed by atoms with Gasteiger partial charge in [0.25, 0.3) is 0 Å². The van der Waals surface area contributed by atoms with Crippen molar-refractivity contribution in [3.8, 4) is 0 Å². The summed E-state index contributed by atoms with van der Waals surface area (Å²) in [5.74, 6) is 0.130. The van der Waals surface area contributed by atoms with Crippen LogP contribution < -0.4 is 11.1 Å². The van der Waals surface area contributed by atoms with Crippen LogP contribution in [0, 0.1) is 0 Å². The minimum atomic E-state index is 0.109. The first-order chi connectivity index (χ1) is 7.46. The van der Waals surface area contributed by atoms with E-state index in [1.165, 1.54) is 19.3 Å². The summed E-state index contributed by atoms with van der Waals surface area (Å²) < 4.78 is 0. The highest BCUT2D eigenvalue weighted by Gasteiger charge is 2.38. The maximum absolute atomic E-state index is 11.6. The van der Waals surface area contributed by atoms with Crippen molar-refractivity contribution in [2.75, 3.05) is 20.6 Å². The first-order valence-corrected chi connectivity index (χ1v) is 6.16. The Morgan fingerprint density at radius 2 is 2.12 bits per heavy atom. The Morgan fingerprint density at radius 1 is 1.50 bits per heavy atom. The molecule has 3 N–H and O–H groups in total. The number of amides is 1. The molecule has 0 saturated heterocycles. The van der Waals surface area contributed by atoms with Gasteiger partial charge in [-0.15, -0.1) is 0 Å². The van der Waals surface area contributed by atoms with E-state index in [4.69, 9.17) is 5.73 Å². The molecule has 94 valence electrons. The van der Waals surface area contributed by atoms with Gasteiger partial charge in [0.05, 0.1) is 0 Å². The molecule has 1 saturated carbocycles. The molecule has 1 aliphatic rings. The highest BCUT2D eigenvalue weighted by atomic mass is 16.1. The summed E-state index contributed by atoms with van der Waals surface area (Å²) in [4.78, 5) is 13.8. The molecule has 1 aliphatic carbocycles. The third kappa shape index (κ3) is 3.46. The molecule has 4 heteroatoms. The number of nitrogens with two attached hydrogens (primary N) is 1. The molecule has 4 nitrogen and oxygen atoms in total. The van der Waals surface area contributed by atoms with Crippen molar-refractivity contribution in [3.05, 3.63) is 0 Å². The third-order valence-corrected chi connectivity index (χ3v) is 3.67. The Kier molecular flexibility index (Phi) is 4.74. The van der Waals surface area contributed by atoms with Crippen molar-refractivity contribution in [3.63, 3.8) is 0 Å². The number of nitrogens with one attached hydrogen (secondary N) is 1. The second kappa shape index (κ2) is 5.64. The summed E-state index contributed by atoms with van der Waals surface area (Å²) >= 11 is 0. The van der Waals surface area contributed by atoms with Crippen molar-refractivity contribution in [1.29, 1.82) is 0 Å². The lowest BCUT2D eigenvalue weighted by atomic mass is 9.75. The molecule has 0 radical (unpaired) electrons. The SMILES string of the molecule is CC(N)CCC(=O)NCC1(N(C)C)CCC1. The molecular weight excluding hydrogens is 202 g/mol. The normalized spacial score (nSPS) is 20.3. The summed E-state index contributed by atoms with van der Waals surface area (Å²) in [6, 6.07) is 0.109. The third-order valence-electron chi connectivity index (χ3n) is 3.67. The van der Waals surface area contributed by atoms with Crippen molar-refractivity contribution in [2.24, 2.45) is 5.73 Å². The van der Waals surface area contributed by atoms with Crippen LogP contribution in [-0.4, -0.2) is 43.0 Å². The van der Waals surface area contributed by atoms with E-state index in [1.807, 2.05) is 6.92 Å². The topological polar surface area (TPSA) is 58.4 Å². The number of carbonyl (C=O) groups excluding carboxylic acids is 1. The Balaban J connectivity index is 2.25. The van der Waals surface area contributed by atoms with E-state index < -0.39 is 0 Å². The lowest BCUT2D eigenvalue weighted by Gasteiger charge is -2.47. The standard InChI is InChI=1S/C12H25N3O/c1-10(13)5-6-11(16)14-9-12(15(2)3)7-4-8-12/h10H,4-9,13H2,1-3H3,(H,14,16). The summed E-state index contributed by atoms with van der Waals surface area (Å²) in [5, 5.41) is 3.03. The molecule has 0 spiro atoms. The van der Waals surface area contributed by atoms with Crippen molar-refractivity contribution in [2.45, 2.75) is 50.6 Å². The zero-order chi connectivity index (χ0) is 12.2. The lowest BCUT2D eigenvalue weighted by molar-refractivity contribution is -0.122. The Morgan fingerprint density at radius 3 is 2.50 bits per heavy atom. The van der Waals surface area contributed by atoms with Crippen LogP contribution in [-0.2, 0) is 4.79 Å². The Bertz CT molecular complexity index is 234. The van der Waals surface area contributed by atoms with Gasteiger partial charge in [-0.3, -0.25) is 4.79 Å². The molecular formula is C12H25N3O. The zero-order valence-electron chi connectivity index (χ0n) is 10.8. The van der Waals surface area contributed by atoms with Gasteiger partial charge in [-0.05, 0) is 46.7 Å². The Labute approximate surface area is 98.6 Å². The van der Waals surface area contributed by atoms with E-state index in [-0.39, 0.29) is 17.5 Å². The van der Waals surface area contributed by atoms with Crippen LogP contribution in [0.25, 0.3) is 0 Å². The summed E-state index contributed by atoms with van der Waals surface area (Å²) in [6.45, 7) is 2.71. The van der Waals surface area contributed by atoms with Gasteiger partial charge >= 0.3 is 0 Å². The molecule has 0 aromatic rings. The molecule has 0 aromatic heterocycles. The van der Waals surface area contributed by atoms with E-state index in [9.17, 15) is 4.79 Å². The van der Waals surface area contributed by atoms with Gasteiger partial charge in [-0.25, -0.2) is 0 Å². The molecule has 1 fully saturated rings. The van der Waals surface area contributed by atoms with E-state index >= 15 is 0 Å². The van der Waals surface area contributed by atoms with Gasteiger partial charge in [0, 0.05) is 24.5 Å². The summed E-state index contributed by atoms with van der Waals surface area (Å²) in [7, 11) is 4.18. The van der Waals surface area contributed by atoms with Gasteiger partial charge in [0.2, 0.25) is 5.91 Å². The molecule has 1 atom stereocenters. The van der Waals surface area contributed by atoms with Crippen LogP contribution in [0.4, 0.5) is 0 Å². The fourth-order valence-corrected chi connectivity index (χ4v) is 2.08. The molecule has 1 rings (SSSR count).